The van der Waals surface area contributed by atoms with Crippen LogP contribution in [0.3, 0.4) is 0 Å². The molecule has 1 heterocycles. The van der Waals surface area contributed by atoms with Crippen LogP contribution in [0.1, 0.15) is 6.92 Å². The second-order valence-corrected chi connectivity index (χ2v) is 2.88. The first-order valence-electron chi connectivity index (χ1n) is 4.55. The minimum Gasteiger partial charge on any atom is -0.496 e. The topological polar surface area (TPSA) is 23.4 Å². The van der Waals surface area contributed by atoms with Crippen LogP contribution in [0, 0.1) is 6.07 Å². The van der Waals surface area contributed by atoms with E-state index in [9.17, 15) is 0 Å². The molecule has 2 aromatic rings. The minimum absolute atomic E-state index is 0.640. The minimum atomic E-state index is 0.640. The van der Waals surface area contributed by atoms with E-state index in [-0.39, 0.29) is 0 Å². The SMILES string of the molecule is CCOn1ccc2c(OC)c[c]cc21. The molecule has 0 bridgehead atoms. The molecule has 1 radical (unpaired) electrons. The van der Waals surface area contributed by atoms with Crippen molar-refractivity contribution in [2.75, 3.05) is 13.7 Å². The monoisotopic (exact) mass is 190 g/mol. The number of hydrogen-bond acceptors (Lipinski definition) is 2. The molecule has 1 aromatic heterocycles. The maximum absolute atomic E-state index is 5.40. The predicted octanol–water partition coefficient (Wildman–Crippen LogP) is 1.90. The van der Waals surface area contributed by atoms with Crippen molar-refractivity contribution in [1.29, 1.82) is 0 Å². The van der Waals surface area contributed by atoms with Gasteiger partial charge in [-0.05, 0) is 31.2 Å². The Bertz CT molecular complexity index is 434. The summed E-state index contributed by atoms with van der Waals surface area (Å²) in [6.45, 7) is 2.59. The molecule has 0 aliphatic carbocycles. The number of fused-ring (bicyclic) bond motifs is 1. The first kappa shape index (κ1) is 8.94. The fourth-order valence-electron chi connectivity index (χ4n) is 1.47. The van der Waals surface area contributed by atoms with E-state index in [2.05, 4.69) is 6.07 Å². The molecule has 0 atom stereocenters. The Morgan fingerprint density at radius 3 is 3.00 bits per heavy atom. The molecule has 0 unspecified atom stereocenters. The molecule has 73 valence electrons. The van der Waals surface area contributed by atoms with Crippen LogP contribution in [0.15, 0.2) is 24.4 Å². The highest BCUT2D eigenvalue weighted by molar-refractivity contribution is 5.86. The first-order chi connectivity index (χ1) is 6.86. The Balaban J connectivity index is 2.57. The quantitative estimate of drug-likeness (QED) is 0.738. The van der Waals surface area contributed by atoms with Crippen molar-refractivity contribution in [1.82, 2.24) is 4.73 Å². The number of ether oxygens (including phenoxy) is 1. The molecular weight excluding hydrogens is 178 g/mol. The van der Waals surface area contributed by atoms with E-state index in [1.54, 1.807) is 11.8 Å². The fraction of sp³-hybridized carbons (Fsp3) is 0.273. The average molecular weight is 190 g/mol. The fourth-order valence-corrected chi connectivity index (χ4v) is 1.47. The van der Waals surface area contributed by atoms with Gasteiger partial charge in [0.25, 0.3) is 0 Å². The van der Waals surface area contributed by atoms with Crippen molar-refractivity contribution < 1.29 is 9.57 Å². The summed E-state index contributed by atoms with van der Waals surface area (Å²) >= 11 is 0. The van der Waals surface area contributed by atoms with Crippen LogP contribution in [-0.2, 0) is 0 Å². The molecule has 0 N–H and O–H groups in total. The van der Waals surface area contributed by atoms with Gasteiger partial charge in [0.15, 0.2) is 0 Å². The van der Waals surface area contributed by atoms with Gasteiger partial charge < -0.3 is 9.57 Å². The summed E-state index contributed by atoms with van der Waals surface area (Å²) in [7, 11) is 1.65. The Morgan fingerprint density at radius 1 is 1.43 bits per heavy atom. The Hall–Kier alpha value is -1.64. The van der Waals surface area contributed by atoms with E-state index < -0.39 is 0 Å². The van der Waals surface area contributed by atoms with Crippen LogP contribution in [0.25, 0.3) is 10.9 Å². The first-order valence-corrected chi connectivity index (χ1v) is 4.55. The maximum Gasteiger partial charge on any atom is 0.128 e. The zero-order chi connectivity index (χ0) is 9.97. The van der Waals surface area contributed by atoms with Crippen LogP contribution in [0.5, 0.6) is 5.75 Å². The van der Waals surface area contributed by atoms with Gasteiger partial charge in [0.1, 0.15) is 12.4 Å². The summed E-state index contributed by atoms with van der Waals surface area (Å²) in [6.07, 6.45) is 1.88. The van der Waals surface area contributed by atoms with Gasteiger partial charge in [0.2, 0.25) is 0 Å². The number of nitrogens with zero attached hydrogens (tertiary/aromatic N) is 1. The summed E-state index contributed by atoms with van der Waals surface area (Å²) in [4.78, 5) is 5.40. The lowest BCUT2D eigenvalue weighted by Gasteiger charge is -2.05. The predicted molar refractivity (Wildman–Crippen MR) is 54.4 cm³/mol. The number of methoxy groups -OCH3 is 1. The summed E-state index contributed by atoms with van der Waals surface area (Å²) in [6, 6.07) is 8.68. The molecule has 0 amide bonds. The van der Waals surface area contributed by atoms with Gasteiger partial charge in [-0.1, -0.05) is 0 Å². The van der Waals surface area contributed by atoms with Crippen LogP contribution in [0.2, 0.25) is 0 Å². The lowest BCUT2D eigenvalue weighted by molar-refractivity contribution is 0.132. The van der Waals surface area contributed by atoms with E-state index in [1.165, 1.54) is 0 Å². The van der Waals surface area contributed by atoms with Crippen LogP contribution >= 0.6 is 0 Å². The third-order valence-electron chi connectivity index (χ3n) is 2.08. The van der Waals surface area contributed by atoms with Crippen molar-refractivity contribution in [3.05, 3.63) is 30.5 Å². The van der Waals surface area contributed by atoms with Crippen molar-refractivity contribution >= 4 is 10.9 Å². The third kappa shape index (κ3) is 1.31. The zero-order valence-corrected chi connectivity index (χ0v) is 8.28. The molecule has 0 saturated carbocycles. The zero-order valence-electron chi connectivity index (χ0n) is 8.28. The smallest absolute Gasteiger partial charge is 0.128 e. The number of benzene rings is 1. The molecule has 2 rings (SSSR count). The molecule has 14 heavy (non-hydrogen) atoms. The van der Waals surface area contributed by atoms with E-state index in [0.717, 1.165) is 16.7 Å². The van der Waals surface area contributed by atoms with Crippen LogP contribution < -0.4 is 9.57 Å². The maximum atomic E-state index is 5.40. The van der Waals surface area contributed by atoms with Gasteiger partial charge in [0.05, 0.1) is 12.6 Å². The van der Waals surface area contributed by atoms with Crippen molar-refractivity contribution in [2.24, 2.45) is 0 Å². The van der Waals surface area contributed by atoms with E-state index >= 15 is 0 Å². The van der Waals surface area contributed by atoms with Crippen molar-refractivity contribution in [3.63, 3.8) is 0 Å². The van der Waals surface area contributed by atoms with Crippen LogP contribution in [-0.4, -0.2) is 18.4 Å². The van der Waals surface area contributed by atoms with Gasteiger partial charge in [-0.25, -0.2) is 0 Å². The molecule has 0 saturated heterocycles. The molecule has 0 aliphatic rings. The standard InChI is InChI=1S/C11H12NO2/c1-3-14-12-8-7-9-10(12)5-4-6-11(9)13-2/h5-8H,3H2,1-2H3. The summed E-state index contributed by atoms with van der Waals surface area (Å²) < 4.78 is 6.95. The number of hydrogen-bond donors (Lipinski definition) is 0. The molecule has 1 aromatic carbocycles. The van der Waals surface area contributed by atoms with Gasteiger partial charge in [-0.2, -0.15) is 4.73 Å². The lowest BCUT2D eigenvalue weighted by atomic mass is 10.2. The van der Waals surface area contributed by atoms with Gasteiger partial charge in [-0.3, -0.25) is 0 Å². The summed E-state index contributed by atoms with van der Waals surface area (Å²) in [5, 5.41) is 1.04. The number of aromatic nitrogens is 1. The lowest BCUT2D eigenvalue weighted by Crippen LogP contribution is -2.08. The normalized spacial score (nSPS) is 10.4. The highest BCUT2D eigenvalue weighted by Gasteiger charge is 2.05. The highest BCUT2D eigenvalue weighted by atomic mass is 16.7. The molecule has 0 fully saturated rings. The van der Waals surface area contributed by atoms with Gasteiger partial charge in [-0.15, -0.1) is 0 Å². The Morgan fingerprint density at radius 2 is 2.29 bits per heavy atom. The highest BCUT2D eigenvalue weighted by Crippen LogP contribution is 2.25. The molecule has 0 aliphatic heterocycles. The van der Waals surface area contributed by atoms with Gasteiger partial charge >= 0.3 is 0 Å². The third-order valence-corrected chi connectivity index (χ3v) is 2.08. The summed E-state index contributed by atoms with van der Waals surface area (Å²) in [5.74, 6) is 0.820. The van der Waals surface area contributed by atoms with Gasteiger partial charge in [0, 0.05) is 11.6 Å². The second-order valence-electron chi connectivity index (χ2n) is 2.88. The molecule has 3 nitrogen and oxygen atoms in total. The largest absolute Gasteiger partial charge is 0.496 e. The van der Waals surface area contributed by atoms with Crippen molar-refractivity contribution in [3.8, 4) is 5.75 Å². The van der Waals surface area contributed by atoms with E-state index in [1.807, 2.05) is 31.3 Å². The molecule has 0 spiro atoms. The Labute approximate surface area is 82.8 Å². The summed E-state index contributed by atoms with van der Waals surface area (Å²) in [5.41, 5.74) is 0.978. The Kier molecular flexibility index (Phi) is 2.31. The van der Waals surface area contributed by atoms with E-state index in [4.69, 9.17) is 9.57 Å². The average Bonchev–Trinajstić information content (AvgIpc) is 2.62. The molecule has 3 heteroatoms. The van der Waals surface area contributed by atoms with Crippen LogP contribution in [0.4, 0.5) is 0 Å². The molecular formula is C11H12NO2. The number of rotatable bonds is 3. The second kappa shape index (κ2) is 3.62. The van der Waals surface area contributed by atoms with Crippen molar-refractivity contribution in [2.45, 2.75) is 6.92 Å². The van der Waals surface area contributed by atoms with E-state index in [0.29, 0.717) is 6.61 Å².